The Balaban J connectivity index is 1.35. The molecule has 1 amide bonds. The number of furan rings is 1. The first kappa shape index (κ1) is 18.7. The van der Waals surface area contributed by atoms with Crippen LogP contribution in [-0.2, 0) is 17.8 Å². The van der Waals surface area contributed by atoms with Gasteiger partial charge in [-0.25, -0.2) is 4.98 Å². The van der Waals surface area contributed by atoms with Crippen molar-refractivity contribution in [3.8, 4) is 5.75 Å². The maximum Gasteiger partial charge on any atom is 0.297 e. The Kier molecular flexibility index (Phi) is 5.29. The van der Waals surface area contributed by atoms with Crippen LogP contribution in [0.25, 0.3) is 22.1 Å². The summed E-state index contributed by atoms with van der Waals surface area (Å²) in [5, 5.41) is 3.63. The molecule has 0 radical (unpaired) electrons. The standard InChI is InChI=1S/C22H21N3O4/c1-28-16-10-8-15(9-11-16)5-4-12-23-19(26)13-25-14-24-20-17-6-2-3-7-18(17)29-21(20)22(25)27/h2-3,6-11,14H,4-5,12-13H2,1H3,(H,23,26). The molecule has 4 rings (SSSR count). The van der Waals surface area contributed by atoms with Crippen molar-refractivity contribution in [2.45, 2.75) is 19.4 Å². The summed E-state index contributed by atoms with van der Waals surface area (Å²) in [6, 6.07) is 15.2. The third-order valence-corrected chi connectivity index (χ3v) is 4.79. The molecule has 0 spiro atoms. The van der Waals surface area contributed by atoms with Crippen LogP contribution in [0.15, 0.2) is 64.1 Å². The Bertz CT molecular complexity index is 1210. The molecular weight excluding hydrogens is 370 g/mol. The number of aryl methyl sites for hydroxylation is 1. The molecule has 1 N–H and O–H groups in total. The van der Waals surface area contributed by atoms with Crippen molar-refractivity contribution in [2.75, 3.05) is 13.7 Å². The highest BCUT2D eigenvalue weighted by molar-refractivity contribution is 6.01. The molecule has 0 aliphatic rings. The number of amides is 1. The zero-order valence-electron chi connectivity index (χ0n) is 16.1. The van der Waals surface area contributed by atoms with Gasteiger partial charge in [0, 0.05) is 11.9 Å². The number of carbonyl (C=O) groups excluding carboxylic acids is 1. The lowest BCUT2D eigenvalue weighted by atomic mass is 10.1. The molecule has 0 aliphatic heterocycles. The highest BCUT2D eigenvalue weighted by Gasteiger charge is 2.14. The van der Waals surface area contributed by atoms with Crippen LogP contribution in [0.4, 0.5) is 0 Å². The number of benzene rings is 2. The molecule has 148 valence electrons. The van der Waals surface area contributed by atoms with Gasteiger partial charge in [-0.05, 0) is 42.7 Å². The summed E-state index contributed by atoms with van der Waals surface area (Å²) < 4.78 is 12.0. The minimum Gasteiger partial charge on any atom is -0.497 e. The van der Waals surface area contributed by atoms with Crippen LogP contribution in [0.3, 0.4) is 0 Å². The SMILES string of the molecule is COc1ccc(CCCNC(=O)Cn2cnc3c(oc4ccccc43)c2=O)cc1. The van der Waals surface area contributed by atoms with Gasteiger partial charge in [-0.3, -0.25) is 14.2 Å². The van der Waals surface area contributed by atoms with E-state index in [-0.39, 0.29) is 23.6 Å². The monoisotopic (exact) mass is 391 g/mol. The Morgan fingerprint density at radius 2 is 1.97 bits per heavy atom. The number of aromatic nitrogens is 2. The second kappa shape index (κ2) is 8.18. The van der Waals surface area contributed by atoms with E-state index < -0.39 is 0 Å². The van der Waals surface area contributed by atoms with Gasteiger partial charge in [-0.15, -0.1) is 0 Å². The molecule has 0 atom stereocenters. The largest absolute Gasteiger partial charge is 0.497 e. The first-order valence-electron chi connectivity index (χ1n) is 9.42. The zero-order chi connectivity index (χ0) is 20.2. The van der Waals surface area contributed by atoms with Gasteiger partial charge in [-0.2, -0.15) is 0 Å². The maximum atomic E-state index is 12.6. The summed E-state index contributed by atoms with van der Waals surface area (Å²) in [7, 11) is 1.64. The fraction of sp³-hybridized carbons (Fsp3) is 0.227. The van der Waals surface area contributed by atoms with Gasteiger partial charge >= 0.3 is 0 Å². The third kappa shape index (κ3) is 3.99. The van der Waals surface area contributed by atoms with E-state index in [1.165, 1.54) is 16.5 Å². The van der Waals surface area contributed by atoms with E-state index in [9.17, 15) is 9.59 Å². The van der Waals surface area contributed by atoms with E-state index in [0.29, 0.717) is 17.6 Å². The predicted octanol–water partition coefficient (Wildman–Crippen LogP) is 2.90. The number of hydrogen-bond acceptors (Lipinski definition) is 5. The van der Waals surface area contributed by atoms with E-state index in [1.54, 1.807) is 13.2 Å². The molecule has 7 heteroatoms. The molecule has 29 heavy (non-hydrogen) atoms. The third-order valence-electron chi connectivity index (χ3n) is 4.79. The number of hydrogen-bond donors (Lipinski definition) is 1. The van der Waals surface area contributed by atoms with Crippen LogP contribution in [0.2, 0.25) is 0 Å². The number of nitrogens with zero attached hydrogens (tertiary/aromatic N) is 2. The van der Waals surface area contributed by atoms with E-state index in [0.717, 1.165) is 24.0 Å². The molecule has 4 aromatic rings. The van der Waals surface area contributed by atoms with E-state index in [1.807, 2.05) is 42.5 Å². The number of ether oxygens (including phenoxy) is 1. The fourth-order valence-electron chi connectivity index (χ4n) is 3.25. The number of nitrogens with one attached hydrogen (secondary N) is 1. The summed E-state index contributed by atoms with van der Waals surface area (Å²) in [5.41, 5.74) is 2.10. The van der Waals surface area contributed by atoms with Gasteiger partial charge < -0.3 is 14.5 Å². The number of methoxy groups -OCH3 is 1. The minimum absolute atomic E-state index is 0.0959. The molecule has 0 saturated heterocycles. The number of para-hydroxylation sites is 1. The van der Waals surface area contributed by atoms with Crippen LogP contribution in [0, 0.1) is 0 Å². The van der Waals surface area contributed by atoms with Crippen LogP contribution < -0.4 is 15.6 Å². The zero-order valence-corrected chi connectivity index (χ0v) is 16.1. The molecule has 7 nitrogen and oxygen atoms in total. The number of rotatable bonds is 7. The molecule has 0 unspecified atom stereocenters. The summed E-state index contributed by atoms with van der Waals surface area (Å²) >= 11 is 0. The van der Waals surface area contributed by atoms with Crippen molar-refractivity contribution in [3.63, 3.8) is 0 Å². The summed E-state index contributed by atoms with van der Waals surface area (Å²) in [6.45, 7) is 0.432. The Labute approximate surface area is 166 Å². The second-order valence-corrected chi connectivity index (χ2v) is 6.76. The smallest absolute Gasteiger partial charge is 0.297 e. The summed E-state index contributed by atoms with van der Waals surface area (Å²) in [4.78, 5) is 29.2. The molecule has 0 aliphatic carbocycles. The topological polar surface area (TPSA) is 86.4 Å². The van der Waals surface area contributed by atoms with Crippen LogP contribution in [0.1, 0.15) is 12.0 Å². The predicted molar refractivity (Wildman–Crippen MR) is 110 cm³/mol. The Morgan fingerprint density at radius 3 is 2.76 bits per heavy atom. The highest BCUT2D eigenvalue weighted by Crippen LogP contribution is 2.23. The maximum absolute atomic E-state index is 12.6. The molecule has 0 bridgehead atoms. The van der Waals surface area contributed by atoms with E-state index >= 15 is 0 Å². The van der Waals surface area contributed by atoms with Gasteiger partial charge in [0.05, 0.1) is 13.4 Å². The van der Waals surface area contributed by atoms with E-state index in [2.05, 4.69) is 10.3 Å². The molecule has 0 fully saturated rings. The first-order valence-corrected chi connectivity index (χ1v) is 9.42. The van der Waals surface area contributed by atoms with Crippen LogP contribution in [-0.4, -0.2) is 29.1 Å². The average molecular weight is 391 g/mol. The highest BCUT2D eigenvalue weighted by atomic mass is 16.5. The lowest BCUT2D eigenvalue weighted by molar-refractivity contribution is -0.121. The van der Waals surface area contributed by atoms with Crippen molar-refractivity contribution < 1.29 is 13.9 Å². The van der Waals surface area contributed by atoms with E-state index in [4.69, 9.17) is 9.15 Å². The number of fused-ring (bicyclic) bond motifs is 3. The molecule has 2 aromatic heterocycles. The van der Waals surface area contributed by atoms with Gasteiger partial charge in [0.1, 0.15) is 23.4 Å². The van der Waals surface area contributed by atoms with Gasteiger partial charge in [0.25, 0.3) is 5.56 Å². The normalized spacial score (nSPS) is 11.1. The summed E-state index contributed by atoms with van der Waals surface area (Å²) in [6.07, 6.45) is 3.04. The van der Waals surface area contributed by atoms with Gasteiger partial charge in [-0.1, -0.05) is 24.3 Å². The fourth-order valence-corrected chi connectivity index (χ4v) is 3.25. The van der Waals surface area contributed by atoms with Crippen LogP contribution in [0.5, 0.6) is 5.75 Å². The first-order chi connectivity index (χ1) is 14.2. The Hall–Kier alpha value is -3.61. The molecule has 2 heterocycles. The van der Waals surface area contributed by atoms with Crippen molar-refractivity contribution in [1.82, 2.24) is 14.9 Å². The average Bonchev–Trinajstić information content (AvgIpc) is 3.13. The van der Waals surface area contributed by atoms with Gasteiger partial charge in [0.2, 0.25) is 11.5 Å². The lowest BCUT2D eigenvalue weighted by Crippen LogP contribution is -2.33. The molecule has 2 aromatic carbocycles. The second-order valence-electron chi connectivity index (χ2n) is 6.76. The van der Waals surface area contributed by atoms with Crippen molar-refractivity contribution in [1.29, 1.82) is 0 Å². The van der Waals surface area contributed by atoms with Crippen molar-refractivity contribution >= 4 is 28.0 Å². The molecular formula is C22H21N3O4. The van der Waals surface area contributed by atoms with Gasteiger partial charge in [0.15, 0.2) is 0 Å². The number of carbonyl (C=O) groups is 1. The minimum atomic E-state index is -0.361. The quantitative estimate of drug-likeness (QED) is 0.490. The lowest BCUT2D eigenvalue weighted by Gasteiger charge is -2.07. The Morgan fingerprint density at radius 1 is 1.17 bits per heavy atom. The van der Waals surface area contributed by atoms with Crippen molar-refractivity contribution in [2.24, 2.45) is 0 Å². The van der Waals surface area contributed by atoms with Crippen LogP contribution >= 0.6 is 0 Å². The molecule has 0 saturated carbocycles. The summed E-state index contributed by atoms with van der Waals surface area (Å²) in [5.74, 6) is 0.585. The van der Waals surface area contributed by atoms with Crippen molar-refractivity contribution in [3.05, 3.63) is 70.8 Å².